The van der Waals surface area contributed by atoms with Gasteiger partial charge in [0, 0.05) is 44.9 Å². The molecule has 122 valence electrons. The van der Waals surface area contributed by atoms with E-state index in [9.17, 15) is 19.5 Å². The van der Waals surface area contributed by atoms with E-state index < -0.39 is 6.10 Å². The van der Waals surface area contributed by atoms with Crippen molar-refractivity contribution in [2.24, 2.45) is 0 Å². The molecule has 3 rings (SSSR count). The normalized spacial score (nSPS) is 20.2. The van der Waals surface area contributed by atoms with Crippen molar-refractivity contribution in [3.05, 3.63) is 29.3 Å². The third-order valence-corrected chi connectivity index (χ3v) is 4.29. The summed E-state index contributed by atoms with van der Waals surface area (Å²) in [6, 6.07) is 5.26. The van der Waals surface area contributed by atoms with Gasteiger partial charge in [-0.05, 0) is 17.7 Å². The number of nitrogens with zero attached hydrogens (tertiary/aromatic N) is 3. The van der Waals surface area contributed by atoms with E-state index in [-0.39, 0.29) is 24.3 Å². The zero-order valence-electron chi connectivity index (χ0n) is 13.2. The molecule has 1 unspecified atom stereocenters. The first-order chi connectivity index (χ1) is 10.9. The lowest BCUT2D eigenvalue weighted by Gasteiger charge is -2.18. The Morgan fingerprint density at radius 2 is 2.09 bits per heavy atom. The largest absolute Gasteiger partial charge is 0.383 e. The average Bonchev–Trinajstić information content (AvgIpc) is 3.00. The van der Waals surface area contributed by atoms with Gasteiger partial charge < -0.3 is 19.8 Å². The molecule has 23 heavy (non-hydrogen) atoms. The quantitative estimate of drug-likeness (QED) is 0.839. The molecule has 1 atom stereocenters. The van der Waals surface area contributed by atoms with Crippen LogP contribution in [0.5, 0.6) is 0 Å². The van der Waals surface area contributed by atoms with E-state index in [1.54, 1.807) is 32.3 Å². The van der Waals surface area contributed by atoms with Gasteiger partial charge in [0.15, 0.2) is 0 Å². The molecule has 1 aromatic rings. The fourth-order valence-corrected chi connectivity index (χ4v) is 2.87. The molecule has 3 amide bonds. The number of hydrogen-bond donors (Lipinski definition) is 1. The van der Waals surface area contributed by atoms with Gasteiger partial charge >= 0.3 is 0 Å². The predicted molar refractivity (Wildman–Crippen MR) is 82.9 cm³/mol. The second-order valence-electron chi connectivity index (χ2n) is 6.09. The molecule has 0 bridgehead atoms. The summed E-state index contributed by atoms with van der Waals surface area (Å²) < 4.78 is 0. The van der Waals surface area contributed by atoms with Crippen molar-refractivity contribution in [2.75, 3.05) is 32.1 Å². The van der Waals surface area contributed by atoms with Crippen molar-refractivity contribution in [3.8, 4) is 0 Å². The number of likely N-dealkylation sites (N-methyl/N-ethyl adjacent to an activating group) is 1. The molecule has 1 N–H and O–H groups in total. The van der Waals surface area contributed by atoms with Gasteiger partial charge in [0.2, 0.25) is 5.91 Å². The smallest absolute Gasteiger partial charge is 0.255 e. The van der Waals surface area contributed by atoms with Crippen LogP contribution in [0.25, 0.3) is 0 Å². The van der Waals surface area contributed by atoms with E-state index in [4.69, 9.17) is 0 Å². The summed E-state index contributed by atoms with van der Waals surface area (Å²) in [7, 11) is 3.30. The number of carbonyl (C=O) groups excluding carboxylic acids is 3. The molecule has 1 aromatic carbocycles. The van der Waals surface area contributed by atoms with E-state index in [0.29, 0.717) is 30.8 Å². The number of benzene rings is 1. The Balaban J connectivity index is 1.81. The van der Waals surface area contributed by atoms with Gasteiger partial charge in [-0.2, -0.15) is 0 Å². The molecule has 1 fully saturated rings. The summed E-state index contributed by atoms with van der Waals surface area (Å²) in [5.41, 5.74) is 1.97. The van der Waals surface area contributed by atoms with E-state index in [1.165, 1.54) is 14.7 Å². The molecule has 7 nitrogen and oxygen atoms in total. The molecule has 1 saturated heterocycles. The van der Waals surface area contributed by atoms with Gasteiger partial charge in [0.05, 0.1) is 0 Å². The Morgan fingerprint density at radius 1 is 1.35 bits per heavy atom. The zero-order chi connectivity index (χ0) is 16.7. The SMILES string of the molecule is CN(C)C(=O)CN1Cc2ccc(N3CCC(O)C3=O)cc2C1=O. The molecule has 0 aromatic heterocycles. The highest BCUT2D eigenvalue weighted by molar-refractivity contribution is 6.03. The third-order valence-electron chi connectivity index (χ3n) is 4.29. The molecule has 2 aliphatic heterocycles. The van der Waals surface area contributed by atoms with Crippen LogP contribution in [-0.4, -0.2) is 65.9 Å². The summed E-state index contributed by atoms with van der Waals surface area (Å²) in [6.45, 7) is 0.873. The Kier molecular flexibility index (Phi) is 3.81. The lowest BCUT2D eigenvalue weighted by Crippen LogP contribution is -2.36. The Labute approximate surface area is 134 Å². The first-order valence-electron chi connectivity index (χ1n) is 7.50. The van der Waals surface area contributed by atoms with Crippen molar-refractivity contribution < 1.29 is 19.5 Å². The van der Waals surface area contributed by atoms with Crippen molar-refractivity contribution in [1.29, 1.82) is 0 Å². The standard InChI is InChI=1S/C16H19N3O4/c1-17(2)14(21)9-18-8-10-3-4-11(7-12(10)15(18)22)19-6-5-13(20)16(19)23/h3-4,7,13,20H,5-6,8-9H2,1-2H3. The Morgan fingerprint density at radius 3 is 2.70 bits per heavy atom. The molecule has 2 heterocycles. The molecule has 0 radical (unpaired) electrons. The number of fused-ring (bicyclic) bond motifs is 1. The van der Waals surface area contributed by atoms with Gasteiger partial charge in [0.25, 0.3) is 11.8 Å². The van der Waals surface area contributed by atoms with Crippen LogP contribution in [0.4, 0.5) is 5.69 Å². The number of amides is 3. The topological polar surface area (TPSA) is 81.2 Å². The molecule has 2 aliphatic rings. The second-order valence-corrected chi connectivity index (χ2v) is 6.09. The number of carbonyl (C=O) groups is 3. The Bertz CT molecular complexity index is 686. The summed E-state index contributed by atoms with van der Waals surface area (Å²) in [5.74, 6) is -0.677. The molecular weight excluding hydrogens is 298 g/mol. The van der Waals surface area contributed by atoms with Crippen LogP contribution >= 0.6 is 0 Å². The maximum atomic E-state index is 12.5. The highest BCUT2D eigenvalue weighted by atomic mass is 16.3. The first kappa shape index (κ1) is 15.5. The van der Waals surface area contributed by atoms with Crippen LogP contribution in [0, 0.1) is 0 Å². The number of rotatable bonds is 3. The summed E-state index contributed by atoms with van der Waals surface area (Å²) in [6.07, 6.45) is -0.569. The van der Waals surface area contributed by atoms with Crippen molar-refractivity contribution >= 4 is 23.4 Å². The lowest BCUT2D eigenvalue weighted by atomic mass is 10.1. The maximum absolute atomic E-state index is 12.5. The Hall–Kier alpha value is -2.41. The van der Waals surface area contributed by atoms with Crippen LogP contribution in [0.2, 0.25) is 0 Å². The van der Waals surface area contributed by atoms with Crippen LogP contribution in [-0.2, 0) is 16.1 Å². The molecule has 0 saturated carbocycles. The van der Waals surface area contributed by atoms with E-state index in [1.807, 2.05) is 0 Å². The number of aliphatic hydroxyl groups excluding tert-OH is 1. The highest BCUT2D eigenvalue weighted by Crippen LogP contribution is 2.29. The molecule has 0 spiro atoms. The summed E-state index contributed by atoms with van der Waals surface area (Å²) in [4.78, 5) is 40.6. The highest BCUT2D eigenvalue weighted by Gasteiger charge is 2.33. The fourth-order valence-electron chi connectivity index (χ4n) is 2.87. The van der Waals surface area contributed by atoms with Crippen molar-refractivity contribution in [1.82, 2.24) is 9.80 Å². The second kappa shape index (κ2) is 5.66. The van der Waals surface area contributed by atoms with E-state index in [2.05, 4.69) is 0 Å². The summed E-state index contributed by atoms with van der Waals surface area (Å²) in [5, 5.41) is 9.56. The van der Waals surface area contributed by atoms with Gasteiger partial charge in [0.1, 0.15) is 12.6 Å². The van der Waals surface area contributed by atoms with E-state index in [0.717, 1.165) is 5.56 Å². The van der Waals surface area contributed by atoms with Gasteiger partial charge in [-0.3, -0.25) is 14.4 Å². The molecule has 7 heteroatoms. The molecule has 0 aliphatic carbocycles. The number of hydrogen-bond acceptors (Lipinski definition) is 4. The van der Waals surface area contributed by atoms with Gasteiger partial charge in [-0.15, -0.1) is 0 Å². The fraction of sp³-hybridized carbons (Fsp3) is 0.438. The van der Waals surface area contributed by atoms with Crippen LogP contribution in [0.1, 0.15) is 22.3 Å². The van der Waals surface area contributed by atoms with Gasteiger partial charge in [-0.25, -0.2) is 0 Å². The zero-order valence-corrected chi connectivity index (χ0v) is 13.2. The molecular formula is C16H19N3O4. The van der Waals surface area contributed by atoms with Crippen LogP contribution < -0.4 is 4.90 Å². The minimum absolute atomic E-state index is 0.0389. The van der Waals surface area contributed by atoms with Gasteiger partial charge in [-0.1, -0.05) is 6.07 Å². The predicted octanol–water partition coefficient (Wildman–Crippen LogP) is -0.172. The van der Waals surface area contributed by atoms with Crippen molar-refractivity contribution in [2.45, 2.75) is 19.1 Å². The third kappa shape index (κ3) is 2.68. The van der Waals surface area contributed by atoms with Crippen LogP contribution in [0.15, 0.2) is 18.2 Å². The van der Waals surface area contributed by atoms with Crippen LogP contribution in [0.3, 0.4) is 0 Å². The van der Waals surface area contributed by atoms with Crippen molar-refractivity contribution in [3.63, 3.8) is 0 Å². The number of aliphatic hydroxyl groups is 1. The average molecular weight is 317 g/mol. The maximum Gasteiger partial charge on any atom is 0.255 e. The monoisotopic (exact) mass is 317 g/mol. The lowest BCUT2D eigenvalue weighted by molar-refractivity contribution is -0.129. The summed E-state index contributed by atoms with van der Waals surface area (Å²) >= 11 is 0. The van der Waals surface area contributed by atoms with E-state index >= 15 is 0 Å². The number of anilines is 1. The minimum Gasteiger partial charge on any atom is -0.383 e. The minimum atomic E-state index is -0.965. The first-order valence-corrected chi connectivity index (χ1v) is 7.50.